The molecular formula is C21H26ClNO3. The Morgan fingerprint density at radius 2 is 1.73 bits per heavy atom. The molecule has 4 aliphatic rings. The molecule has 140 valence electrons. The van der Waals surface area contributed by atoms with E-state index in [2.05, 4.69) is 0 Å². The van der Waals surface area contributed by atoms with Crippen molar-refractivity contribution in [2.45, 2.75) is 49.5 Å². The first-order chi connectivity index (χ1) is 12.3. The van der Waals surface area contributed by atoms with Crippen molar-refractivity contribution in [3.63, 3.8) is 0 Å². The zero-order valence-corrected chi connectivity index (χ0v) is 16.2. The predicted octanol–water partition coefficient (Wildman–Crippen LogP) is 3.94. The molecule has 4 nitrogen and oxygen atoms in total. The fourth-order valence-electron chi connectivity index (χ4n) is 5.74. The van der Waals surface area contributed by atoms with E-state index in [4.69, 9.17) is 16.3 Å². The molecule has 0 radical (unpaired) electrons. The summed E-state index contributed by atoms with van der Waals surface area (Å²) < 4.78 is 5.90. The Kier molecular flexibility index (Phi) is 4.30. The molecule has 3 unspecified atom stereocenters. The van der Waals surface area contributed by atoms with Gasteiger partial charge in [0, 0.05) is 24.5 Å². The summed E-state index contributed by atoms with van der Waals surface area (Å²) in [6.07, 6.45) is 4.71. The lowest BCUT2D eigenvalue weighted by Crippen LogP contribution is -2.56. The third kappa shape index (κ3) is 3.02. The number of amides is 1. The van der Waals surface area contributed by atoms with Crippen LogP contribution in [0.15, 0.2) is 30.3 Å². The quantitative estimate of drug-likeness (QED) is 0.591. The Labute approximate surface area is 159 Å². The van der Waals surface area contributed by atoms with E-state index in [-0.39, 0.29) is 16.8 Å². The molecule has 4 saturated carbocycles. The number of hydrogen-bond donors (Lipinski definition) is 0. The highest BCUT2D eigenvalue weighted by Crippen LogP contribution is 2.64. The second kappa shape index (κ2) is 6.26. The largest absolute Gasteiger partial charge is 0.447 e. The van der Waals surface area contributed by atoms with E-state index < -0.39 is 11.5 Å². The van der Waals surface area contributed by atoms with Crippen molar-refractivity contribution < 1.29 is 14.3 Å². The maximum Gasteiger partial charge on any atom is 0.313 e. The molecule has 1 amide bonds. The van der Waals surface area contributed by atoms with Gasteiger partial charge in [-0.25, -0.2) is 0 Å². The molecule has 0 spiro atoms. The van der Waals surface area contributed by atoms with Gasteiger partial charge in [0.15, 0.2) is 0 Å². The Morgan fingerprint density at radius 1 is 1.12 bits per heavy atom. The van der Waals surface area contributed by atoms with Crippen molar-refractivity contribution in [2.75, 3.05) is 14.1 Å². The van der Waals surface area contributed by atoms with Crippen LogP contribution in [-0.2, 0) is 14.3 Å². The van der Waals surface area contributed by atoms with Crippen molar-refractivity contribution in [1.29, 1.82) is 0 Å². The highest BCUT2D eigenvalue weighted by atomic mass is 35.5. The van der Waals surface area contributed by atoms with E-state index in [0.717, 1.165) is 25.7 Å². The first kappa shape index (κ1) is 17.8. The number of halogens is 1. The van der Waals surface area contributed by atoms with Crippen LogP contribution in [0.4, 0.5) is 0 Å². The highest BCUT2D eigenvalue weighted by Gasteiger charge is 2.61. The zero-order chi connectivity index (χ0) is 18.5. The lowest BCUT2D eigenvalue weighted by atomic mass is 9.49. The number of likely N-dealkylation sites (N-methyl/N-ethyl adjacent to an activating group) is 1. The lowest BCUT2D eigenvalue weighted by Gasteiger charge is -2.58. The van der Waals surface area contributed by atoms with Gasteiger partial charge in [-0.2, -0.15) is 0 Å². The molecule has 5 rings (SSSR count). The van der Waals surface area contributed by atoms with Gasteiger partial charge in [-0.3, -0.25) is 9.59 Å². The smallest absolute Gasteiger partial charge is 0.313 e. The summed E-state index contributed by atoms with van der Waals surface area (Å²) in [4.78, 5) is 27.2. The van der Waals surface area contributed by atoms with Gasteiger partial charge in [-0.15, -0.1) is 11.6 Å². The molecule has 4 fully saturated rings. The van der Waals surface area contributed by atoms with Crippen LogP contribution in [0.2, 0.25) is 0 Å². The molecule has 26 heavy (non-hydrogen) atoms. The standard InChI is InChI=1S/C21H26ClNO3/c1-23(2)18(24)17(16-6-4-3-5-7-16)26-19(25)20-9-14-8-15(10-20)12-21(22,11-14)13-20/h3-7,14-15,17H,8-13H2,1-2H3. The Morgan fingerprint density at radius 3 is 2.27 bits per heavy atom. The summed E-state index contributed by atoms with van der Waals surface area (Å²) in [6, 6.07) is 9.28. The van der Waals surface area contributed by atoms with Gasteiger partial charge < -0.3 is 9.64 Å². The van der Waals surface area contributed by atoms with Crippen LogP contribution in [0.5, 0.6) is 0 Å². The summed E-state index contributed by atoms with van der Waals surface area (Å²) in [5.41, 5.74) is 0.204. The van der Waals surface area contributed by atoms with Crippen LogP contribution in [0.1, 0.15) is 50.2 Å². The van der Waals surface area contributed by atoms with E-state index in [1.807, 2.05) is 30.3 Å². The number of hydrogen-bond acceptors (Lipinski definition) is 3. The molecule has 1 aromatic rings. The maximum absolute atomic E-state index is 13.3. The summed E-state index contributed by atoms with van der Waals surface area (Å²) in [5, 5.41) is 0. The van der Waals surface area contributed by atoms with Crippen LogP contribution >= 0.6 is 11.6 Å². The summed E-state index contributed by atoms with van der Waals surface area (Å²) in [7, 11) is 3.37. The maximum atomic E-state index is 13.3. The number of alkyl halides is 1. The minimum absolute atomic E-state index is 0.213. The highest BCUT2D eigenvalue weighted by molar-refractivity contribution is 6.24. The van der Waals surface area contributed by atoms with E-state index in [1.165, 1.54) is 11.3 Å². The molecule has 0 aromatic heterocycles. The SMILES string of the molecule is CN(C)C(=O)C(OC(=O)C12CC3CC(CC(Cl)(C3)C1)C2)c1ccccc1. The molecule has 0 N–H and O–H groups in total. The van der Waals surface area contributed by atoms with E-state index >= 15 is 0 Å². The van der Waals surface area contributed by atoms with Crippen LogP contribution in [0.25, 0.3) is 0 Å². The number of carbonyl (C=O) groups is 2. The second-order valence-corrected chi connectivity index (χ2v) is 9.62. The number of esters is 1. The molecule has 4 bridgehead atoms. The predicted molar refractivity (Wildman–Crippen MR) is 99.7 cm³/mol. The molecule has 1 aromatic carbocycles. The van der Waals surface area contributed by atoms with Crippen LogP contribution < -0.4 is 0 Å². The Balaban J connectivity index is 1.60. The van der Waals surface area contributed by atoms with Crippen molar-refractivity contribution >= 4 is 23.5 Å². The van der Waals surface area contributed by atoms with Gasteiger partial charge in [-0.1, -0.05) is 30.3 Å². The van der Waals surface area contributed by atoms with Gasteiger partial charge in [0.2, 0.25) is 6.10 Å². The van der Waals surface area contributed by atoms with Gasteiger partial charge >= 0.3 is 5.97 Å². The number of rotatable bonds is 4. The molecule has 3 atom stereocenters. The molecule has 0 aliphatic heterocycles. The third-order valence-electron chi connectivity index (χ3n) is 6.41. The van der Waals surface area contributed by atoms with Crippen molar-refractivity contribution in [3.05, 3.63) is 35.9 Å². The summed E-state index contributed by atoms with van der Waals surface area (Å²) in [6.45, 7) is 0. The summed E-state index contributed by atoms with van der Waals surface area (Å²) >= 11 is 6.85. The Bertz CT molecular complexity index is 703. The number of ether oxygens (including phenoxy) is 1. The van der Waals surface area contributed by atoms with E-state index in [1.54, 1.807) is 14.1 Å². The minimum Gasteiger partial charge on any atom is -0.447 e. The summed E-state index contributed by atoms with van der Waals surface area (Å²) in [5.74, 6) is 0.581. The minimum atomic E-state index is -0.891. The van der Waals surface area contributed by atoms with E-state index in [9.17, 15) is 9.59 Å². The Hall–Kier alpha value is -1.55. The van der Waals surface area contributed by atoms with Gasteiger partial charge in [0.1, 0.15) is 0 Å². The van der Waals surface area contributed by atoms with Gasteiger partial charge in [-0.05, 0) is 50.4 Å². The van der Waals surface area contributed by atoms with Crippen molar-refractivity contribution in [3.8, 4) is 0 Å². The van der Waals surface area contributed by atoms with Crippen LogP contribution in [0, 0.1) is 17.3 Å². The number of benzene rings is 1. The number of carbonyl (C=O) groups excluding carboxylic acids is 2. The van der Waals surface area contributed by atoms with Crippen molar-refractivity contribution in [1.82, 2.24) is 4.90 Å². The van der Waals surface area contributed by atoms with Gasteiger partial charge in [0.05, 0.1) is 5.41 Å². The first-order valence-corrected chi connectivity index (χ1v) is 9.84. The van der Waals surface area contributed by atoms with E-state index in [0.29, 0.717) is 23.8 Å². The average Bonchev–Trinajstić information content (AvgIpc) is 2.57. The fraction of sp³-hybridized carbons (Fsp3) is 0.619. The number of nitrogens with zero attached hydrogens (tertiary/aromatic N) is 1. The molecular weight excluding hydrogens is 350 g/mol. The normalized spacial score (nSPS) is 35.8. The molecule has 0 heterocycles. The van der Waals surface area contributed by atoms with Crippen molar-refractivity contribution in [2.24, 2.45) is 17.3 Å². The average molecular weight is 376 g/mol. The molecule has 0 saturated heterocycles. The molecule has 4 aliphatic carbocycles. The van der Waals surface area contributed by atoms with Crippen LogP contribution in [0.3, 0.4) is 0 Å². The van der Waals surface area contributed by atoms with Crippen LogP contribution in [-0.4, -0.2) is 35.7 Å². The fourth-order valence-corrected chi connectivity index (χ4v) is 6.44. The topological polar surface area (TPSA) is 46.6 Å². The van der Waals surface area contributed by atoms with Gasteiger partial charge in [0.25, 0.3) is 5.91 Å². The molecule has 5 heteroatoms. The second-order valence-electron chi connectivity index (χ2n) is 8.82. The monoisotopic (exact) mass is 375 g/mol. The third-order valence-corrected chi connectivity index (χ3v) is 6.86. The lowest BCUT2D eigenvalue weighted by molar-refractivity contribution is -0.180. The zero-order valence-electron chi connectivity index (χ0n) is 15.4. The first-order valence-electron chi connectivity index (χ1n) is 9.46.